The molecule has 0 N–H and O–H groups in total. The predicted octanol–water partition coefficient (Wildman–Crippen LogP) is 2.93. The fourth-order valence-corrected chi connectivity index (χ4v) is 1.30. The van der Waals surface area contributed by atoms with Crippen LogP contribution in [0.25, 0.3) is 0 Å². The lowest BCUT2D eigenvalue weighted by Crippen LogP contribution is -1.89. The number of methoxy groups -OCH3 is 1. The molecule has 1 heterocycles. The van der Waals surface area contributed by atoms with E-state index in [1.54, 1.807) is 25.3 Å². The van der Waals surface area contributed by atoms with Gasteiger partial charge in [0.2, 0.25) is 5.88 Å². The minimum atomic E-state index is 0.341. The maximum atomic E-state index is 5.71. The Morgan fingerprint density at radius 3 is 2.69 bits per heavy atom. The van der Waals surface area contributed by atoms with Crippen molar-refractivity contribution >= 4 is 11.6 Å². The van der Waals surface area contributed by atoms with Gasteiger partial charge in [0.05, 0.1) is 7.11 Å². The smallest absolute Gasteiger partial charge is 0.223 e. The molecule has 5 heteroatoms. The van der Waals surface area contributed by atoms with E-state index in [9.17, 15) is 0 Å². The Balaban J connectivity index is 2.20. The van der Waals surface area contributed by atoms with Gasteiger partial charge in [-0.15, -0.1) is 0 Å². The van der Waals surface area contributed by atoms with Gasteiger partial charge in [0.15, 0.2) is 0 Å². The van der Waals surface area contributed by atoms with Crippen LogP contribution in [0, 0.1) is 0 Å². The highest BCUT2D eigenvalue weighted by atomic mass is 35.5. The average Bonchev–Trinajstić information content (AvgIpc) is 2.29. The Kier molecular flexibility index (Phi) is 3.22. The molecule has 0 radical (unpaired) electrons. The Morgan fingerprint density at radius 1 is 1.12 bits per heavy atom. The van der Waals surface area contributed by atoms with Crippen LogP contribution in [-0.2, 0) is 0 Å². The summed E-state index contributed by atoms with van der Waals surface area (Å²) in [5, 5.41) is 0.341. The summed E-state index contributed by atoms with van der Waals surface area (Å²) in [5.41, 5.74) is 0. The summed E-state index contributed by atoms with van der Waals surface area (Å²) in [7, 11) is 1.60. The maximum Gasteiger partial charge on any atom is 0.223 e. The van der Waals surface area contributed by atoms with Gasteiger partial charge in [-0.3, -0.25) is 0 Å². The van der Waals surface area contributed by atoms with E-state index < -0.39 is 0 Å². The molecule has 2 rings (SSSR count). The quantitative estimate of drug-likeness (QED) is 0.769. The molecule has 0 unspecified atom stereocenters. The third-order valence-corrected chi connectivity index (χ3v) is 2.08. The van der Waals surface area contributed by atoms with Crippen LogP contribution in [0.3, 0.4) is 0 Å². The highest BCUT2D eigenvalue weighted by Gasteiger charge is 2.01. The molecule has 0 aliphatic heterocycles. The summed E-state index contributed by atoms with van der Waals surface area (Å²) < 4.78 is 10.6. The van der Waals surface area contributed by atoms with Crippen LogP contribution in [0.5, 0.6) is 17.4 Å². The Labute approximate surface area is 97.8 Å². The molecule has 82 valence electrons. The molecule has 0 saturated heterocycles. The van der Waals surface area contributed by atoms with Crippen molar-refractivity contribution in [3.8, 4) is 17.4 Å². The number of aromatic nitrogens is 2. The molecule has 0 amide bonds. The number of halogens is 1. The molecule has 2 aromatic rings. The lowest BCUT2D eigenvalue weighted by molar-refractivity contribution is 0.407. The van der Waals surface area contributed by atoms with Crippen molar-refractivity contribution < 1.29 is 9.47 Å². The van der Waals surface area contributed by atoms with Crippen molar-refractivity contribution in [3.63, 3.8) is 0 Å². The van der Waals surface area contributed by atoms with Crippen LogP contribution in [0.2, 0.25) is 5.15 Å². The fourth-order valence-electron chi connectivity index (χ4n) is 1.16. The fraction of sp³-hybridized carbons (Fsp3) is 0.0909. The van der Waals surface area contributed by atoms with Crippen LogP contribution < -0.4 is 9.47 Å². The average molecular weight is 237 g/mol. The van der Waals surface area contributed by atoms with E-state index in [1.165, 1.54) is 6.33 Å². The van der Waals surface area contributed by atoms with E-state index in [1.807, 2.05) is 12.1 Å². The topological polar surface area (TPSA) is 44.2 Å². The lowest BCUT2D eigenvalue weighted by atomic mass is 10.3. The van der Waals surface area contributed by atoms with Crippen LogP contribution in [0.4, 0.5) is 0 Å². The van der Waals surface area contributed by atoms with Gasteiger partial charge in [0.1, 0.15) is 23.0 Å². The zero-order valence-corrected chi connectivity index (χ0v) is 9.31. The number of hydrogen-bond acceptors (Lipinski definition) is 4. The highest BCUT2D eigenvalue weighted by Crippen LogP contribution is 2.24. The van der Waals surface area contributed by atoms with Crippen molar-refractivity contribution in [3.05, 3.63) is 41.8 Å². The molecule has 0 aliphatic carbocycles. The van der Waals surface area contributed by atoms with Gasteiger partial charge in [-0.2, -0.15) is 0 Å². The maximum absolute atomic E-state index is 5.71. The highest BCUT2D eigenvalue weighted by molar-refractivity contribution is 6.29. The Hall–Kier alpha value is -1.81. The van der Waals surface area contributed by atoms with Crippen LogP contribution in [-0.4, -0.2) is 17.1 Å². The molecule has 1 aromatic carbocycles. The molecular weight excluding hydrogens is 228 g/mol. The zero-order chi connectivity index (χ0) is 11.4. The zero-order valence-electron chi connectivity index (χ0n) is 8.55. The normalized spacial score (nSPS) is 9.88. The van der Waals surface area contributed by atoms with Crippen LogP contribution in [0.1, 0.15) is 0 Å². The summed E-state index contributed by atoms with van der Waals surface area (Å²) in [6, 6.07) is 8.77. The van der Waals surface area contributed by atoms with Gasteiger partial charge < -0.3 is 9.47 Å². The number of rotatable bonds is 3. The molecule has 0 fully saturated rings. The van der Waals surface area contributed by atoms with Crippen LogP contribution in [0.15, 0.2) is 36.7 Å². The standard InChI is InChI=1S/C11H9ClN2O2/c1-15-8-3-2-4-9(5-8)16-11-6-10(12)13-7-14-11/h2-7H,1H3. The van der Waals surface area contributed by atoms with E-state index in [4.69, 9.17) is 21.1 Å². The first-order valence-corrected chi connectivity index (χ1v) is 4.95. The molecule has 0 saturated carbocycles. The summed E-state index contributed by atoms with van der Waals surface area (Å²) in [4.78, 5) is 7.70. The monoisotopic (exact) mass is 236 g/mol. The third kappa shape index (κ3) is 2.61. The second-order valence-electron chi connectivity index (χ2n) is 2.96. The van der Waals surface area contributed by atoms with Crippen molar-refractivity contribution in [1.29, 1.82) is 0 Å². The first-order chi connectivity index (χ1) is 7.78. The predicted molar refractivity (Wildman–Crippen MR) is 60.1 cm³/mol. The lowest BCUT2D eigenvalue weighted by Gasteiger charge is -2.05. The molecular formula is C11H9ClN2O2. The second kappa shape index (κ2) is 4.81. The van der Waals surface area contributed by atoms with Crippen molar-refractivity contribution in [1.82, 2.24) is 9.97 Å². The van der Waals surface area contributed by atoms with Gasteiger partial charge in [-0.05, 0) is 12.1 Å². The molecule has 0 atom stereocenters. The van der Waals surface area contributed by atoms with E-state index in [-0.39, 0.29) is 0 Å². The third-order valence-electron chi connectivity index (χ3n) is 1.87. The van der Waals surface area contributed by atoms with Crippen molar-refractivity contribution in [2.45, 2.75) is 0 Å². The molecule has 16 heavy (non-hydrogen) atoms. The number of nitrogens with zero attached hydrogens (tertiary/aromatic N) is 2. The molecule has 0 bridgehead atoms. The number of benzene rings is 1. The summed E-state index contributed by atoms with van der Waals surface area (Å²) in [6.07, 6.45) is 1.35. The second-order valence-corrected chi connectivity index (χ2v) is 3.35. The molecule has 4 nitrogen and oxygen atoms in total. The summed E-state index contributed by atoms with van der Waals surface area (Å²) in [5.74, 6) is 1.75. The SMILES string of the molecule is COc1cccc(Oc2cc(Cl)ncn2)c1. The Bertz CT molecular complexity index is 491. The minimum Gasteiger partial charge on any atom is -0.497 e. The van der Waals surface area contributed by atoms with E-state index in [0.717, 1.165) is 5.75 Å². The van der Waals surface area contributed by atoms with Gasteiger partial charge in [-0.25, -0.2) is 9.97 Å². The van der Waals surface area contributed by atoms with Crippen molar-refractivity contribution in [2.75, 3.05) is 7.11 Å². The largest absolute Gasteiger partial charge is 0.497 e. The molecule has 1 aromatic heterocycles. The van der Waals surface area contributed by atoms with Gasteiger partial charge in [-0.1, -0.05) is 17.7 Å². The van der Waals surface area contributed by atoms with Gasteiger partial charge >= 0.3 is 0 Å². The minimum absolute atomic E-state index is 0.341. The molecule has 0 aliphatic rings. The van der Waals surface area contributed by atoms with Gasteiger partial charge in [0, 0.05) is 12.1 Å². The summed E-state index contributed by atoms with van der Waals surface area (Å²) in [6.45, 7) is 0. The first kappa shape index (κ1) is 10.7. The molecule has 0 spiro atoms. The van der Waals surface area contributed by atoms with E-state index in [0.29, 0.717) is 16.8 Å². The Morgan fingerprint density at radius 2 is 1.94 bits per heavy atom. The number of hydrogen-bond donors (Lipinski definition) is 0. The summed E-state index contributed by atoms with van der Waals surface area (Å²) >= 11 is 5.71. The van der Waals surface area contributed by atoms with Crippen LogP contribution >= 0.6 is 11.6 Å². The van der Waals surface area contributed by atoms with E-state index in [2.05, 4.69) is 9.97 Å². The van der Waals surface area contributed by atoms with E-state index >= 15 is 0 Å². The van der Waals surface area contributed by atoms with Crippen molar-refractivity contribution in [2.24, 2.45) is 0 Å². The first-order valence-electron chi connectivity index (χ1n) is 4.57. The van der Waals surface area contributed by atoms with Gasteiger partial charge in [0.25, 0.3) is 0 Å². The number of ether oxygens (including phenoxy) is 2.